The number of methoxy groups -OCH3 is 1. The van der Waals surface area contributed by atoms with Gasteiger partial charge in [-0.3, -0.25) is 0 Å². The molecule has 3 nitrogen and oxygen atoms in total. The zero-order valence-electron chi connectivity index (χ0n) is 12.1. The molecule has 0 aromatic heterocycles. The number of hydrogen-bond donors (Lipinski definition) is 1. The topological polar surface area (TPSA) is 45.0 Å². The van der Waals surface area contributed by atoms with Gasteiger partial charge in [-0.1, -0.05) is 28.1 Å². The lowest BCUT2D eigenvalue weighted by atomic mass is 9.94. The number of halogens is 1. The second-order valence-electron chi connectivity index (χ2n) is 5.10. The summed E-state index contributed by atoms with van der Waals surface area (Å²) in [6.07, 6.45) is 0.628. The second-order valence-corrected chi connectivity index (χ2v) is 6.02. The molecule has 0 aliphatic heterocycles. The van der Waals surface area contributed by atoms with E-state index in [9.17, 15) is 5.26 Å². The van der Waals surface area contributed by atoms with Crippen molar-refractivity contribution in [2.45, 2.75) is 18.9 Å². The van der Waals surface area contributed by atoms with Gasteiger partial charge in [0.25, 0.3) is 0 Å². The van der Waals surface area contributed by atoms with Crippen LogP contribution >= 0.6 is 15.9 Å². The Labute approximate surface area is 133 Å². The number of benzene rings is 2. The van der Waals surface area contributed by atoms with Gasteiger partial charge >= 0.3 is 0 Å². The molecule has 0 fully saturated rings. The van der Waals surface area contributed by atoms with Gasteiger partial charge in [-0.15, -0.1) is 0 Å². The Balaban J connectivity index is 2.13. The van der Waals surface area contributed by atoms with Crippen molar-refractivity contribution >= 4 is 21.6 Å². The van der Waals surface area contributed by atoms with E-state index in [0.717, 1.165) is 21.5 Å². The summed E-state index contributed by atoms with van der Waals surface area (Å²) in [5, 5.41) is 12.8. The monoisotopic (exact) mass is 344 g/mol. The van der Waals surface area contributed by atoms with Crippen LogP contribution in [0, 0.1) is 11.3 Å². The van der Waals surface area contributed by atoms with Crippen LogP contribution in [0.5, 0.6) is 5.75 Å². The average molecular weight is 345 g/mol. The standard InChI is InChI=1S/C17H17BrN2O/c1-17(12-19,11-13-3-5-14(18)6-4-13)20-15-7-9-16(21-2)10-8-15/h3-10,20H,11H2,1-2H3. The molecule has 2 aromatic carbocycles. The number of ether oxygens (including phenoxy) is 1. The van der Waals surface area contributed by atoms with Crippen molar-refractivity contribution in [3.63, 3.8) is 0 Å². The highest BCUT2D eigenvalue weighted by Crippen LogP contribution is 2.22. The van der Waals surface area contributed by atoms with Crippen LogP contribution in [0.1, 0.15) is 12.5 Å². The quantitative estimate of drug-likeness (QED) is 0.874. The minimum Gasteiger partial charge on any atom is -0.497 e. The second kappa shape index (κ2) is 6.64. The summed E-state index contributed by atoms with van der Waals surface area (Å²) in [6, 6.07) is 18.0. The van der Waals surface area contributed by atoms with E-state index in [1.54, 1.807) is 7.11 Å². The number of nitriles is 1. The predicted molar refractivity (Wildman–Crippen MR) is 88.5 cm³/mol. The molecule has 2 aromatic rings. The van der Waals surface area contributed by atoms with Crippen molar-refractivity contribution in [2.24, 2.45) is 0 Å². The fraction of sp³-hybridized carbons (Fsp3) is 0.235. The number of nitrogens with zero attached hydrogens (tertiary/aromatic N) is 1. The minimum absolute atomic E-state index is 0.628. The summed E-state index contributed by atoms with van der Waals surface area (Å²) >= 11 is 3.42. The molecule has 108 valence electrons. The van der Waals surface area contributed by atoms with Crippen LogP contribution in [-0.4, -0.2) is 12.6 Å². The summed E-state index contributed by atoms with van der Waals surface area (Å²) in [5.41, 5.74) is 1.35. The van der Waals surface area contributed by atoms with Crippen molar-refractivity contribution in [1.82, 2.24) is 0 Å². The van der Waals surface area contributed by atoms with Crippen LogP contribution in [0.4, 0.5) is 5.69 Å². The molecular formula is C17H17BrN2O. The lowest BCUT2D eigenvalue weighted by Gasteiger charge is -2.25. The average Bonchev–Trinajstić information content (AvgIpc) is 2.50. The maximum absolute atomic E-state index is 9.52. The molecule has 1 N–H and O–H groups in total. The van der Waals surface area contributed by atoms with Gasteiger partial charge < -0.3 is 10.1 Å². The van der Waals surface area contributed by atoms with Crippen molar-refractivity contribution in [3.8, 4) is 11.8 Å². The molecule has 0 spiro atoms. The molecule has 0 aliphatic carbocycles. The molecule has 0 saturated carbocycles. The Bertz CT molecular complexity index is 631. The fourth-order valence-electron chi connectivity index (χ4n) is 2.12. The van der Waals surface area contributed by atoms with E-state index >= 15 is 0 Å². The van der Waals surface area contributed by atoms with E-state index in [1.807, 2.05) is 55.5 Å². The van der Waals surface area contributed by atoms with Crippen molar-refractivity contribution in [2.75, 3.05) is 12.4 Å². The highest BCUT2D eigenvalue weighted by atomic mass is 79.9. The molecule has 0 heterocycles. The zero-order valence-corrected chi connectivity index (χ0v) is 13.6. The Morgan fingerprint density at radius 3 is 2.29 bits per heavy atom. The maximum atomic E-state index is 9.52. The van der Waals surface area contributed by atoms with E-state index < -0.39 is 5.54 Å². The lowest BCUT2D eigenvalue weighted by Crippen LogP contribution is -2.35. The van der Waals surface area contributed by atoms with Gasteiger partial charge in [-0.25, -0.2) is 0 Å². The molecule has 21 heavy (non-hydrogen) atoms. The normalized spacial score (nSPS) is 13.0. The van der Waals surface area contributed by atoms with Gasteiger partial charge in [0, 0.05) is 16.6 Å². The van der Waals surface area contributed by atoms with Crippen molar-refractivity contribution < 1.29 is 4.74 Å². The number of rotatable bonds is 5. The van der Waals surface area contributed by atoms with Crippen LogP contribution < -0.4 is 10.1 Å². The summed E-state index contributed by atoms with van der Waals surface area (Å²) in [6.45, 7) is 1.90. The lowest BCUT2D eigenvalue weighted by molar-refractivity contribution is 0.415. The van der Waals surface area contributed by atoms with Gasteiger partial charge in [-0.05, 0) is 48.9 Å². The van der Waals surface area contributed by atoms with Crippen LogP contribution in [0.25, 0.3) is 0 Å². The zero-order chi connectivity index (χ0) is 15.3. The smallest absolute Gasteiger partial charge is 0.126 e. The van der Waals surface area contributed by atoms with Crippen molar-refractivity contribution in [3.05, 3.63) is 58.6 Å². The first-order chi connectivity index (χ1) is 10.0. The van der Waals surface area contributed by atoms with E-state index in [0.29, 0.717) is 6.42 Å². The Morgan fingerprint density at radius 1 is 1.14 bits per heavy atom. The van der Waals surface area contributed by atoms with Gasteiger partial charge in [0.1, 0.15) is 11.3 Å². The van der Waals surface area contributed by atoms with Crippen LogP contribution in [0.15, 0.2) is 53.0 Å². The summed E-state index contributed by atoms with van der Waals surface area (Å²) in [7, 11) is 1.63. The van der Waals surface area contributed by atoms with Gasteiger partial charge in [0.05, 0.1) is 13.2 Å². The maximum Gasteiger partial charge on any atom is 0.126 e. The minimum atomic E-state index is -0.664. The molecule has 0 aliphatic rings. The van der Waals surface area contributed by atoms with Crippen LogP contribution in [-0.2, 0) is 6.42 Å². The van der Waals surface area contributed by atoms with Gasteiger partial charge in [-0.2, -0.15) is 5.26 Å². The molecule has 0 amide bonds. The molecule has 2 rings (SSSR count). The highest BCUT2D eigenvalue weighted by molar-refractivity contribution is 9.10. The third kappa shape index (κ3) is 4.24. The molecule has 1 atom stereocenters. The Kier molecular flexibility index (Phi) is 4.87. The fourth-order valence-corrected chi connectivity index (χ4v) is 2.38. The first-order valence-electron chi connectivity index (χ1n) is 6.62. The SMILES string of the molecule is COc1ccc(NC(C)(C#N)Cc2ccc(Br)cc2)cc1. The summed E-state index contributed by atoms with van der Waals surface area (Å²) < 4.78 is 6.17. The molecule has 4 heteroatoms. The first-order valence-corrected chi connectivity index (χ1v) is 7.42. The molecule has 0 bridgehead atoms. The molecular weight excluding hydrogens is 328 g/mol. The summed E-state index contributed by atoms with van der Waals surface area (Å²) in [4.78, 5) is 0. The third-order valence-electron chi connectivity index (χ3n) is 3.23. The van der Waals surface area contributed by atoms with Gasteiger partial charge in [0.2, 0.25) is 0 Å². The van der Waals surface area contributed by atoms with Crippen LogP contribution in [0.2, 0.25) is 0 Å². The van der Waals surface area contributed by atoms with E-state index in [-0.39, 0.29) is 0 Å². The van der Waals surface area contributed by atoms with E-state index in [4.69, 9.17) is 4.74 Å². The van der Waals surface area contributed by atoms with Gasteiger partial charge in [0.15, 0.2) is 0 Å². The van der Waals surface area contributed by atoms with Crippen LogP contribution in [0.3, 0.4) is 0 Å². The number of anilines is 1. The number of hydrogen-bond acceptors (Lipinski definition) is 3. The highest BCUT2D eigenvalue weighted by Gasteiger charge is 2.24. The number of nitrogens with one attached hydrogen (secondary N) is 1. The molecule has 0 saturated heterocycles. The van der Waals surface area contributed by atoms with E-state index in [1.165, 1.54) is 0 Å². The van der Waals surface area contributed by atoms with E-state index in [2.05, 4.69) is 27.3 Å². The third-order valence-corrected chi connectivity index (χ3v) is 3.76. The van der Waals surface area contributed by atoms with Crippen molar-refractivity contribution in [1.29, 1.82) is 5.26 Å². The first kappa shape index (κ1) is 15.4. The molecule has 1 unspecified atom stereocenters. The Morgan fingerprint density at radius 2 is 1.76 bits per heavy atom. The summed E-state index contributed by atoms with van der Waals surface area (Å²) in [5.74, 6) is 0.798. The predicted octanol–water partition coefficient (Wildman–Crippen LogP) is 4.39. The Hall–Kier alpha value is -1.99. The largest absolute Gasteiger partial charge is 0.497 e. The molecule has 0 radical (unpaired) electrons.